The van der Waals surface area contributed by atoms with Gasteiger partial charge in [-0.3, -0.25) is 4.79 Å². The molecule has 0 radical (unpaired) electrons. The summed E-state index contributed by atoms with van der Waals surface area (Å²) in [5.74, 6) is 0.788. The Morgan fingerprint density at radius 2 is 2.50 bits per heavy atom. The quantitative estimate of drug-likeness (QED) is 0.822. The summed E-state index contributed by atoms with van der Waals surface area (Å²) in [6, 6.07) is 0. The van der Waals surface area contributed by atoms with Crippen LogP contribution in [0.3, 0.4) is 0 Å². The van der Waals surface area contributed by atoms with E-state index in [1.165, 1.54) is 6.42 Å². The maximum absolute atomic E-state index is 12.6. The van der Waals surface area contributed by atoms with Crippen molar-refractivity contribution in [1.29, 1.82) is 0 Å². The number of Topliss-reactive ketones (excluding diaryl/α,β-unsaturated/α-hetero) is 1. The van der Waals surface area contributed by atoms with Crippen LogP contribution in [-0.2, 0) is 16.0 Å². The summed E-state index contributed by atoms with van der Waals surface area (Å²) in [6.45, 7) is 4.79. The first-order valence-corrected chi connectivity index (χ1v) is 7.60. The van der Waals surface area contributed by atoms with E-state index in [0.29, 0.717) is 18.9 Å². The molecule has 1 aromatic heterocycles. The van der Waals surface area contributed by atoms with E-state index in [4.69, 9.17) is 4.74 Å². The zero-order valence-electron chi connectivity index (χ0n) is 11.1. The summed E-state index contributed by atoms with van der Waals surface area (Å²) < 4.78 is 5.88. The maximum Gasteiger partial charge on any atom is 0.171 e. The van der Waals surface area contributed by atoms with Crippen LogP contribution in [0.25, 0.3) is 0 Å². The molecule has 2 unspecified atom stereocenters. The Morgan fingerprint density at radius 3 is 3.11 bits per heavy atom. The Morgan fingerprint density at radius 1 is 1.67 bits per heavy atom. The first-order valence-electron chi connectivity index (χ1n) is 6.72. The lowest BCUT2D eigenvalue weighted by Crippen LogP contribution is -2.46. The SMILES string of the molecule is CCOC1(C(=O)Cc2nccs2)CCCC(C)C1. The smallest absolute Gasteiger partial charge is 0.171 e. The van der Waals surface area contributed by atoms with E-state index in [2.05, 4.69) is 11.9 Å². The van der Waals surface area contributed by atoms with Gasteiger partial charge in [-0.05, 0) is 32.1 Å². The van der Waals surface area contributed by atoms with Gasteiger partial charge in [0, 0.05) is 18.2 Å². The molecule has 0 saturated heterocycles. The van der Waals surface area contributed by atoms with Crippen molar-refractivity contribution in [2.45, 2.75) is 51.6 Å². The Kier molecular flexibility index (Phi) is 4.51. The van der Waals surface area contributed by atoms with E-state index < -0.39 is 5.60 Å². The highest BCUT2D eigenvalue weighted by molar-refractivity contribution is 7.09. The molecule has 3 nitrogen and oxygen atoms in total. The van der Waals surface area contributed by atoms with E-state index >= 15 is 0 Å². The number of carbonyl (C=O) groups is 1. The molecule has 0 bridgehead atoms. The van der Waals surface area contributed by atoms with Crippen molar-refractivity contribution >= 4 is 17.1 Å². The van der Waals surface area contributed by atoms with Gasteiger partial charge in [0.2, 0.25) is 0 Å². The van der Waals surface area contributed by atoms with Gasteiger partial charge in [-0.2, -0.15) is 0 Å². The molecule has 0 spiro atoms. The minimum atomic E-state index is -0.544. The van der Waals surface area contributed by atoms with Crippen molar-refractivity contribution in [3.05, 3.63) is 16.6 Å². The number of hydrogen-bond donors (Lipinski definition) is 0. The number of carbonyl (C=O) groups excluding carboxylic acids is 1. The van der Waals surface area contributed by atoms with Crippen LogP contribution in [0.15, 0.2) is 11.6 Å². The van der Waals surface area contributed by atoms with E-state index in [0.717, 1.165) is 24.3 Å². The number of hydrogen-bond acceptors (Lipinski definition) is 4. The fourth-order valence-electron chi connectivity index (χ4n) is 2.88. The van der Waals surface area contributed by atoms with Gasteiger partial charge in [-0.1, -0.05) is 13.3 Å². The minimum Gasteiger partial charge on any atom is -0.367 e. The second-order valence-electron chi connectivity index (χ2n) is 5.15. The molecule has 100 valence electrons. The van der Waals surface area contributed by atoms with Crippen molar-refractivity contribution in [3.63, 3.8) is 0 Å². The molecule has 1 fully saturated rings. The van der Waals surface area contributed by atoms with Gasteiger partial charge in [0.25, 0.3) is 0 Å². The van der Waals surface area contributed by atoms with Gasteiger partial charge in [-0.15, -0.1) is 11.3 Å². The highest BCUT2D eigenvalue weighted by atomic mass is 32.1. The van der Waals surface area contributed by atoms with Gasteiger partial charge in [0.1, 0.15) is 5.60 Å². The molecule has 18 heavy (non-hydrogen) atoms. The molecule has 1 saturated carbocycles. The van der Waals surface area contributed by atoms with Crippen molar-refractivity contribution in [3.8, 4) is 0 Å². The van der Waals surface area contributed by atoms with Crippen LogP contribution in [0.5, 0.6) is 0 Å². The largest absolute Gasteiger partial charge is 0.367 e. The third-order valence-electron chi connectivity index (χ3n) is 3.68. The second kappa shape index (κ2) is 5.93. The van der Waals surface area contributed by atoms with Gasteiger partial charge >= 0.3 is 0 Å². The molecule has 0 aliphatic heterocycles. The first kappa shape index (κ1) is 13.7. The number of ether oxygens (including phenoxy) is 1. The Labute approximate surface area is 113 Å². The van der Waals surface area contributed by atoms with E-state index in [1.807, 2.05) is 12.3 Å². The molecule has 1 aliphatic carbocycles. The molecule has 0 N–H and O–H groups in total. The lowest BCUT2D eigenvalue weighted by Gasteiger charge is -2.38. The third-order valence-corrected chi connectivity index (χ3v) is 4.46. The van der Waals surface area contributed by atoms with Crippen LogP contribution >= 0.6 is 11.3 Å². The van der Waals surface area contributed by atoms with Gasteiger partial charge in [-0.25, -0.2) is 4.98 Å². The molecule has 2 rings (SSSR count). The number of thiazole rings is 1. The molecule has 4 heteroatoms. The van der Waals surface area contributed by atoms with Crippen molar-refractivity contribution in [2.24, 2.45) is 5.92 Å². The van der Waals surface area contributed by atoms with Crippen LogP contribution in [0, 0.1) is 5.92 Å². The predicted molar refractivity (Wildman–Crippen MR) is 72.8 cm³/mol. The zero-order valence-corrected chi connectivity index (χ0v) is 12.0. The fourth-order valence-corrected chi connectivity index (χ4v) is 3.50. The van der Waals surface area contributed by atoms with Crippen LogP contribution < -0.4 is 0 Å². The lowest BCUT2D eigenvalue weighted by atomic mass is 9.75. The summed E-state index contributed by atoms with van der Waals surface area (Å²) in [5, 5.41) is 2.82. The average molecular weight is 267 g/mol. The topological polar surface area (TPSA) is 39.2 Å². The molecule has 1 aromatic rings. The zero-order chi connectivity index (χ0) is 13.0. The normalized spacial score (nSPS) is 28.2. The van der Waals surface area contributed by atoms with Crippen molar-refractivity contribution in [1.82, 2.24) is 4.98 Å². The molecule has 2 atom stereocenters. The van der Waals surface area contributed by atoms with Gasteiger partial charge < -0.3 is 4.74 Å². The Balaban J connectivity index is 2.10. The molecular weight excluding hydrogens is 246 g/mol. The minimum absolute atomic E-state index is 0.214. The highest BCUT2D eigenvalue weighted by Crippen LogP contribution is 2.36. The van der Waals surface area contributed by atoms with E-state index in [-0.39, 0.29) is 5.78 Å². The van der Waals surface area contributed by atoms with E-state index in [9.17, 15) is 4.79 Å². The van der Waals surface area contributed by atoms with Crippen LogP contribution in [0.2, 0.25) is 0 Å². The average Bonchev–Trinajstić information content (AvgIpc) is 2.82. The summed E-state index contributed by atoms with van der Waals surface area (Å²) in [4.78, 5) is 16.8. The number of ketones is 1. The summed E-state index contributed by atoms with van der Waals surface area (Å²) in [7, 11) is 0. The molecule has 0 aromatic carbocycles. The van der Waals surface area contributed by atoms with Crippen LogP contribution in [0.4, 0.5) is 0 Å². The second-order valence-corrected chi connectivity index (χ2v) is 6.13. The molecule has 1 heterocycles. The maximum atomic E-state index is 12.6. The van der Waals surface area contributed by atoms with Crippen LogP contribution in [0.1, 0.15) is 44.5 Å². The predicted octanol–water partition coefficient (Wildman–Crippen LogP) is 3.24. The van der Waals surface area contributed by atoms with Crippen LogP contribution in [-0.4, -0.2) is 23.0 Å². The number of rotatable bonds is 5. The van der Waals surface area contributed by atoms with E-state index in [1.54, 1.807) is 17.5 Å². The molecule has 1 aliphatic rings. The van der Waals surface area contributed by atoms with Gasteiger partial charge in [0.15, 0.2) is 5.78 Å². The standard InChI is InChI=1S/C14H21NO2S/c1-3-17-14(6-4-5-11(2)10-14)12(16)9-13-15-7-8-18-13/h7-8,11H,3-6,9-10H2,1-2H3. The molecular formula is C14H21NO2S. The lowest BCUT2D eigenvalue weighted by molar-refractivity contribution is -0.150. The highest BCUT2D eigenvalue weighted by Gasteiger charge is 2.42. The monoisotopic (exact) mass is 267 g/mol. The van der Waals surface area contributed by atoms with Crippen molar-refractivity contribution < 1.29 is 9.53 Å². The fraction of sp³-hybridized carbons (Fsp3) is 0.714. The number of nitrogens with zero attached hydrogens (tertiary/aromatic N) is 1. The Hall–Kier alpha value is -0.740. The third kappa shape index (κ3) is 2.98. The molecule has 0 amide bonds. The number of aromatic nitrogens is 1. The first-order chi connectivity index (χ1) is 8.66. The Bertz CT molecular complexity index is 387. The summed E-state index contributed by atoms with van der Waals surface area (Å²) in [6.07, 6.45) is 6.21. The van der Waals surface area contributed by atoms with Crippen molar-refractivity contribution in [2.75, 3.05) is 6.61 Å². The summed E-state index contributed by atoms with van der Waals surface area (Å²) in [5.41, 5.74) is -0.544. The van der Waals surface area contributed by atoms with Gasteiger partial charge in [0.05, 0.1) is 11.4 Å². The summed E-state index contributed by atoms with van der Waals surface area (Å²) >= 11 is 1.55.